The number of carbonyl (C=O) groups is 2. The van der Waals surface area contributed by atoms with Crippen molar-refractivity contribution in [3.8, 4) is 5.75 Å². The van der Waals surface area contributed by atoms with Crippen LogP contribution >= 0.6 is 0 Å². The van der Waals surface area contributed by atoms with Crippen molar-refractivity contribution in [2.45, 2.75) is 72.1 Å². The fourth-order valence-electron chi connectivity index (χ4n) is 3.28. The van der Waals surface area contributed by atoms with Gasteiger partial charge in [-0.3, -0.25) is 9.59 Å². The zero-order valence-electron chi connectivity index (χ0n) is 16.9. The molecule has 0 aromatic heterocycles. The van der Waals surface area contributed by atoms with Gasteiger partial charge in [0.05, 0.1) is 6.61 Å². The van der Waals surface area contributed by atoms with Crippen LogP contribution in [0.15, 0.2) is 24.3 Å². The molecule has 2 N–H and O–H groups in total. The summed E-state index contributed by atoms with van der Waals surface area (Å²) in [4.78, 5) is 23.4. The number of aliphatic carboxylic acids is 2. The summed E-state index contributed by atoms with van der Waals surface area (Å²) in [5.74, 6) is -1.73. The first-order chi connectivity index (χ1) is 12.8. The number of aryl methyl sites for hydroxylation is 1. The lowest BCUT2D eigenvalue weighted by molar-refractivity contribution is -0.166. The van der Waals surface area contributed by atoms with Crippen LogP contribution < -0.4 is 4.74 Å². The second-order valence-electron chi connectivity index (χ2n) is 7.70. The number of hydrogen-bond acceptors (Lipinski definition) is 3. The maximum absolute atomic E-state index is 11.7. The molecule has 0 saturated heterocycles. The lowest BCUT2D eigenvalue weighted by atomic mass is 9.75. The van der Waals surface area contributed by atoms with E-state index in [1.807, 2.05) is 38.1 Å². The molecule has 0 heterocycles. The van der Waals surface area contributed by atoms with E-state index in [1.165, 1.54) is 25.7 Å². The molecule has 1 rings (SSSR count). The molecule has 1 aromatic carbocycles. The molecule has 0 spiro atoms. The van der Waals surface area contributed by atoms with Crippen LogP contribution in [0, 0.1) is 11.3 Å². The Bertz CT molecular complexity index is 563. The zero-order valence-corrected chi connectivity index (χ0v) is 16.9. The molecular weight excluding hydrogens is 344 g/mol. The lowest BCUT2D eigenvalue weighted by Gasteiger charge is -2.26. The van der Waals surface area contributed by atoms with Crippen molar-refractivity contribution in [1.82, 2.24) is 0 Å². The van der Waals surface area contributed by atoms with Crippen LogP contribution in [-0.4, -0.2) is 28.8 Å². The summed E-state index contributed by atoms with van der Waals surface area (Å²) in [6.07, 6.45) is 6.55. The van der Waals surface area contributed by atoms with Crippen molar-refractivity contribution in [3.05, 3.63) is 29.8 Å². The summed E-state index contributed by atoms with van der Waals surface area (Å²) in [6, 6.07) is 7.51. The van der Waals surface area contributed by atoms with Crippen LogP contribution in [-0.2, 0) is 16.0 Å². The third-order valence-electron chi connectivity index (χ3n) is 4.86. The first kappa shape index (κ1) is 23.0. The van der Waals surface area contributed by atoms with Crippen molar-refractivity contribution in [1.29, 1.82) is 0 Å². The molecule has 27 heavy (non-hydrogen) atoms. The Labute approximate surface area is 162 Å². The number of hydrogen-bond donors (Lipinski definition) is 2. The quantitative estimate of drug-likeness (QED) is 0.345. The third kappa shape index (κ3) is 7.61. The van der Waals surface area contributed by atoms with E-state index in [1.54, 1.807) is 0 Å². The van der Waals surface area contributed by atoms with Crippen LogP contribution in [0.2, 0.25) is 0 Å². The number of unbranched alkanes of at least 4 members (excludes halogenated alkanes) is 4. The maximum atomic E-state index is 11.7. The molecule has 0 aliphatic carbocycles. The first-order valence-electron chi connectivity index (χ1n) is 10.0. The Morgan fingerprint density at radius 2 is 1.59 bits per heavy atom. The summed E-state index contributed by atoms with van der Waals surface area (Å²) in [6.45, 7) is 6.57. The third-order valence-corrected chi connectivity index (χ3v) is 4.86. The van der Waals surface area contributed by atoms with Crippen LogP contribution in [0.25, 0.3) is 0 Å². The molecular formula is C22H34O5. The number of rotatable bonds is 14. The fraction of sp³-hybridized carbons (Fsp3) is 0.636. The predicted octanol–water partition coefficient (Wildman–Crippen LogP) is 5.17. The van der Waals surface area contributed by atoms with E-state index < -0.39 is 17.4 Å². The Morgan fingerprint density at radius 1 is 1.00 bits per heavy atom. The molecule has 0 radical (unpaired) electrons. The maximum Gasteiger partial charge on any atom is 0.321 e. The molecule has 5 nitrogen and oxygen atoms in total. The van der Waals surface area contributed by atoms with Gasteiger partial charge in [-0.15, -0.1) is 0 Å². The molecule has 0 unspecified atom stereocenters. The normalized spacial score (nSPS) is 11.6. The van der Waals surface area contributed by atoms with Gasteiger partial charge in [0, 0.05) is 0 Å². The number of ether oxygens (including phenoxy) is 1. The molecule has 152 valence electrons. The summed E-state index contributed by atoms with van der Waals surface area (Å²) in [7, 11) is 0. The SMILES string of the molecule is CCCCCCCOc1ccc(CCC(CC(C)C)(C(=O)O)C(=O)O)cc1. The van der Waals surface area contributed by atoms with Gasteiger partial charge in [-0.1, -0.05) is 58.6 Å². The number of carboxylic acid groups (broad SMARTS) is 2. The average Bonchev–Trinajstić information content (AvgIpc) is 2.61. The van der Waals surface area contributed by atoms with E-state index in [0.29, 0.717) is 13.0 Å². The van der Waals surface area contributed by atoms with E-state index in [0.717, 1.165) is 17.7 Å². The Hall–Kier alpha value is -2.04. The van der Waals surface area contributed by atoms with E-state index in [9.17, 15) is 19.8 Å². The van der Waals surface area contributed by atoms with Crippen LogP contribution in [0.1, 0.15) is 71.3 Å². The van der Waals surface area contributed by atoms with Gasteiger partial charge in [0.1, 0.15) is 5.75 Å². The number of benzene rings is 1. The van der Waals surface area contributed by atoms with E-state index >= 15 is 0 Å². The van der Waals surface area contributed by atoms with Gasteiger partial charge < -0.3 is 14.9 Å². The standard InChI is InChI=1S/C22H34O5/c1-4-5-6-7-8-15-27-19-11-9-18(10-12-19)13-14-22(20(23)24,21(25)26)16-17(2)3/h9-12,17H,4-8,13-16H2,1-3H3,(H,23,24)(H,25,26). The highest BCUT2D eigenvalue weighted by molar-refractivity contribution is 5.98. The largest absolute Gasteiger partial charge is 0.494 e. The minimum atomic E-state index is -1.73. The second kappa shape index (κ2) is 11.6. The highest BCUT2D eigenvalue weighted by atomic mass is 16.5. The Morgan fingerprint density at radius 3 is 2.11 bits per heavy atom. The molecule has 0 amide bonds. The van der Waals surface area contributed by atoms with Gasteiger partial charge in [-0.05, 0) is 49.3 Å². The molecule has 5 heteroatoms. The highest BCUT2D eigenvalue weighted by Gasteiger charge is 2.46. The molecule has 0 aliphatic rings. The first-order valence-corrected chi connectivity index (χ1v) is 10.0. The van der Waals surface area contributed by atoms with E-state index in [2.05, 4.69) is 6.92 Å². The average molecular weight is 379 g/mol. The summed E-state index contributed by atoms with van der Waals surface area (Å²) in [5, 5.41) is 19.1. The van der Waals surface area contributed by atoms with Gasteiger partial charge in [-0.2, -0.15) is 0 Å². The van der Waals surface area contributed by atoms with Crippen LogP contribution in [0.4, 0.5) is 0 Å². The van der Waals surface area contributed by atoms with Crippen molar-refractivity contribution >= 4 is 11.9 Å². The molecule has 0 aliphatic heterocycles. The van der Waals surface area contributed by atoms with E-state index in [4.69, 9.17) is 4.74 Å². The molecule has 0 saturated carbocycles. The highest BCUT2D eigenvalue weighted by Crippen LogP contribution is 2.33. The summed E-state index contributed by atoms with van der Waals surface area (Å²) in [5.41, 5.74) is -0.817. The van der Waals surface area contributed by atoms with Crippen molar-refractivity contribution in [3.63, 3.8) is 0 Å². The van der Waals surface area contributed by atoms with Crippen molar-refractivity contribution in [2.24, 2.45) is 11.3 Å². The monoisotopic (exact) mass is 378 g/mol. The summed E-state index contributed by atoms with van der Waals surface area (Å²) >= 11 is 0. The van der Waals surface area contributed by atoms with Crippen molar-refractivity contribution in [2.75, 3.05) is 6.61 Å². The minimum absolute atomic E-state index is 0.00898. The van der Waals surface area contributed by atoms with Gasteiger partial charge in [0.25, 0.3) is 0 Å². The molecule has 0 atom stereocenters. The molecule has 0 bridgehead atoms. The topological polar surface area (TPSA) is 83.8 Å². The molecule has 1 aromatic rings. The van der Waals surface area contributed by atoms with Crippen LogP contribution in [0.5, 0.6) is 5.75 Å². The smallest absolute Gasteiger partial charge is 0.321 e. The minimum Gasteiger partial charge on any atom is -0.494 e. The van der Waals surface area contributed by atoms with E-state index in [-0.39, 0.29) is 18.8 Å². The molecule has 0 fully saturated rings. The van der Waals surface area contributed by atoms with Crippen molar-refractivity contribution < 1.29 is 24.5 Å². The Balaban J connectivity index is 2.58. The number of carboxylic acids is 2. The summed E-state index contributed by atoms with van der Waals surface area (Å²) < 4.78 is 5.73. The predicted molar refractivity (Wildman–Crippen MR) is 106 cm³/mol. The lowest BCUT2D eigenvalue weighted by Crippen LogP contribution is -2.41. The zero-order chi connectivity index (χ0) is 20.3. The van der Waals surface area contributed by atoms with Gasteiger partial charge in [-0.25, -0.2) is 0 Å². The second-order valence-corrected chi connectivity index (χ2v) is 7.70. The van der Waals surface area contributed by atoms with Crippen LogP contribution in [0.3, 0.4) is 0 Å². The van der Waals surface area contributed by atoms with Gasteiger partial charge in [0.2, 0.25) is 0 Å². The van der Waals surface area contributed by atoms with Gasteiger partial charge in [0.15, 0.2) is 5.41 Å². The van der Waals surface area contributed by atoms with Gasteiger partial charge >= 0.3 is 11.9 Å². The fourth-order valence-corrected chi connectivity index (χ4v) is 3.28. The Kier molecular flexibility index (Phi) is 9.90.